The maximum Gasteiger partial charge on any atom is 0.416 e. The summed E-state index contributed by atoms with van der Waals surface area (Å²) < 4.78 is 69.2. The summed E-state index contributed by atoms with van der Waals surface area (Å²) in [4.78, 5) is 26.1. The summed E-state index contributed by atoms with van der Waals surface area (Å²) in [5, 5.41) is 9.63. The fourth-order valence-electron chi connectivity index (χ4n) is 4.30. The molecule has 0 radical (unpaired) electrons. The van der Waals surface area contributed by atoms with Gasteiger partial charge >= 0.3 is 6.18 Å². The number of rotatable bonds is 4. The molecule has 3 aromatic carbocycles. The van der Waals surface area contributed by atoms with Gasteiger partial charge in [0.05, 0.1) is 17.3 Å². The molecule has 1 aliphatic rings. The number of aryl methyl sites for hydroxylation is 1. The van der Waals surface area contributed by atoms with Gasteiger partial charge in [-0.2, -0.15) is 18.3 Å². The number of anilines is 1. The minimum absolute atomic E-state index is 0.0228. The van der Waals surface area contributed by atoms with Gasteiger partial charge in [-0.3, -0.25) is 14.3 Å². The normalized spacial score (nSPS) is 14.8. The number of benzene rings is 3. The first-order chi connectivity index (χ1) is 17.9. The number of nitrogens with one attached hydrogen (secondary N) is 2. The topological polar surface area (TPSA) is 76.0 Å². The minimum atomic E-state index is -4.88. The molecule has 4 aromatic rings. The van der Waals surface area contributed by atoms with E-state index in [4.69, 9.17) is 11.6 Å². The van der Waals surface area contributed by atoms with Gasteiger partial charge in [0.2, 0.25) is 0 Å². The van der Waals surface area contributed by atoms with Gasteiger partial charge in [0.15, 0.2) is 0 Å². The van der Waals surface area contributed by atoms with Crippen LogP contribution in [0.2, 0.25) is 5.02 Å². The molecule has 12 heteroatoms. The SMILES string of the molecule is Cn1ccc(-c2cc(NC(=O)c3cc(F)cc(C(F)(F)F)c3)c3c(c2)C(=O)NC3c2cc(F)ccc2Cl)n1. The average molecular weight is 547 g/mol. The number of hydrogen-bond acceptors (Lipinski definition) is 3. The highest BCUT2D eigenvalue weighted by molar-refractivity contribution is 6.31. The highest BCUT2D eigenvalue weighted by Gasteiger charge is 2.36. The second kappa shape index (κ2) is 9.25. The van der Waals surface area contributed by atoms with Gasteiger partial charge < -0.3 is 10.6 Å². The molecule has 1 unspecified atom stereocenters. The molecule has 2 amide bonds. The lowest BCUT2D eigenvalue weighted by atomic mass is 9.93. The molecule has 1 aromatic heterocycles. The van der Waals surface area contributed by atoms with Crippen molar-refractivity contribution in [1.29, 1.82) is 0 Å². The molecule has 5 rings (SSSR count). The number of hydrogen-bond donors (Lipinski definition) is 2. The fraction of sp³-hybridized carbons (Fsp3) is 0.115. The Kier molecular flexibility index (Phi) is 6.18. The van der Waals surface area contributed by atoms with Crippen molar-refractivity contribution in [2.75, 3.05) is 5.32 Å². The van der Waals surface area contributed by atoms with E-state index < -0.39 is 46.8 Å². The van der Waals surface area contributed by atoms with E-state index in [0.717, 1.165) is 12.1 Å². The number of carbonyl (C=O) groups excluding carboxylic acids is 2. The van der Waals surface area contributed by atoms with E-state index in [2.05, 4.69) is 15.7 Å². The maximum atomic E-state index is 14.1. The molecule has 194 valence electrons. The number of amides is 2. The Labute approximate surface area is 217 Å². The van der Waals surface area contributed by atoms with Gasteiger partial charge in [0.1, 0.15) is 11.6 Å². The Morgan fingerprint density at radius 1 is 1.05 bits per heavy atom. The third-order valence-corrected chi connectivity index (χ3v) is 6.35. The van der Waals surface area contributed by atoms with Gasteiger partial charge in [-0.1, -0.05) is 11.6 Å². The molecule has 0 fully saturated rings. The summed E-state index contributed by atoms with van der Waals surface area (Å²) in [7, 11) is 1.68. The Balaban J connectivity index is 1.65. The number of nitrogens with zero attached hydrogens (tertiary/aromatic N) is 2. The predicted molar refractivity (Wildman–Crippen MR) is 129 cm³/mol. The number of aromatic nitrogens is 2. The van der Waals surface area contributed by atoms with Crippen molar-refractivity contribution >= 4 is 29.1 Å². The Morgan fingerprint density at radius 2 is 1.82 bits per heavy atom. The number of fused-ring (bicyclic) bond motifs is 1. The summed E-state index contributed by atoms with van der Waals surface area (Å²) in [6.07, 6.45) is -3.23. The Morgan fingerprint density at radius 3 is 2.50 bits per heavy atom. The first kappa shape index (κ1) is 25.4. The lowest BCUT2D eigenvalue weighted by Crippen LogP contribution is -2.21. The maximum absolute atomic E-state index is 14.1. The number of carbonyl (C=O) groups is 2. The van der Waals surface area contributed by atoms with Crippen LogP contribution in [0.1, 0.15) is 43.4 Å². The van der Waals surface area contributed by atoms with E-state index >= 15 is 0 Å². The van der Waals surface area contributed by atoms with E-state index in [-0.39, 0.29) is 33.5 Å². The Hall–Kier alpha value is -4.25. The van der Waals surface area contributed by atoms with Crippen LogP contribution >= 0.6 is 11.6 Å². The molecule has 6 nitrogen and oxygen atoms in total. The monoisotopic (exact) mass is 546 g/mol. The van der Waals surface area contributed by atoms with Gasteiger partial charge in [-0.25, -0.2) is 8.78 Å². The van der Waals surface area contributed by atoms with E-state index in [1.165, 1.54) is 22.9 Å². The quantitative estimate of drug-likeness (QED) is 0.303. The molecule has 2 N–H and O–H groups in total. The molecule has 0 saturated heterocycles. The minimum Gasteiger partial charge on any atom is -0.341 e. The van der Waals surface area contributed by atoms with Crippen LogP contribution < -0.4 is 10.6 Å². The molecule has 0 aliphatic carbocycles. The van der Waals surface area contributed by atoms with Gasteiger partial charge in [-0.05, 0) is 54.6 Å². The zero-order valence-corrected chi connectivity index (χ0v) is 20.1. The van der Waals surface area contributed by atoms with E-state index in [1.807, 2.05) is 0 Å². The molecule has 0 saturated carbocycles. The summed E-state index contributed by atoms with van der Waals surface area (Å²) in [6, 6.07) is 8.70. The predicted octanol–water partition coefficient (Wildman–Crippen LogP) is 6.12. The molecule has 0 bridgehead atoms. The van der Waals surface area contributed by atoms with Gasteiger partial charge in [-0.15, -0.1) is 0 Å². The van der Waals surface area contributed by atoms with Gasteiger partial charge in [0.25, 0.3) is 11.8 Å². The molecular weight excluding hydrogens is 531 g/mol. The summed E-state index contributed by atoms with van der Waals surface area (Å²) >= 11 is 6.29. The summed E-state index contributed by atoms with van der Waals surface area (Å²) in [5.74, 6) is -3.48. The lowest BCUT2D eigenvalue weighted by molar-refractivity contribution is -0.137. The molecule has 0 spiro atoms. The summed E-state index contributed by atoms with van der Waals surface area (Å²) in [6.45, 7) is 0. The van der Waals surface area contributed by atoms with Crippen molar-refractivity contribution in [1.82, 2.24) is 15.1 Å². The number of alkyl halides is 3. The molecule has 1 atom stereocenters. The van der Waals surface area contributed by atoms with Crippen molar-refractivity contribution in [3.63, 3.8) is 0 Å². The Bertz CT molecular complexity index is 1620. The van der Waals surface area contributed by atoms with Crippen LogP contribution in [0, 0.1) is 11.6 Å². The van der Waals surface area contributed by atoms with Crippen LogP contribution in [-0.2, 0) is 13.2 Å². The average Bonchev–Trinajstić information content (AvgIpc) is 3.43. The van der Waals surface area contributed by atoms with Crippen LogP contribution in [0.3, 0.4) is 0 Å². The lowest BCUT2D eigenvalue weighted by Gasteiger charge is -2.19. The van der Waals surface area contributed by atoms with Gasteiger partial charge in [0, 0.05) is 51.8 Å². The standard InChI is InChI=1S/C26H16ClF5N4O2/c1-36-5-4-20(35-36)12-8-18-22(23(34-25(18)38)17-11-15(28)2-3-19(17)27)21(9-12)33-24(37)13-6-14(26(30,31)32)10-16(29)7-13/h2-11,23H,1H3,(H,33,37)(H,34,38). The fourth-order valence-corrected chi connectivity index (χ4v) is 4.53. The molecule has 38 heavy (non-hydrogen) atoms. The van der Waals surface area contributed by atoms with Crippen molar-refractivity contribution in [3.05, 3.63) is 105 Å². The largest absolute Gasteiger partial charge is 0.416 e. The second-order valence-corrected chi connectivity index (χ2v) is 9.02. The highest BCUT2D eigenvalue weighted by Crippen LogP contribution is 2.41. The second-order valence-electron chi connectivity index (χ2n) is 8.61. The van der Waals surface area contributed by atoms with Crippen LogP contribution in [0.4, 0.5) is 27.6 Å². The van der Waals surface area contributed by atoms with Crippen molar-refractivity contribution in [2.24, 2.45) is 7.05 Å². The van der Waals surface area contributed by atoms with E-state index in [0.29, 0.717) is 23.4 Å². The van der Waals surface area contributed by atoms with Crippen molar-refractivity contribution < 1.29 is 31.5 Å². The molecular formula is C26H16ClF5N4O2. The first-order valence-electron chi connectivity index (χ1n) is 11.0. The molecule has 1 aliphatic heterocycles. The van der Waals surface area contributed by atoms with Crippen LogP contribution in [0.25, 0.3) is 11.3 Å². The zero-order chi connectivity index (χ0) is 27.4. The molecule has 2 heterocycles. The highest BCUT2D eigenvalue weighted by atomic mass is 35.5. The number of halogens is 6. The van der Waals surface area contributed by atoms with Crippen LogP contribution in [0.5, 0.6) is 0 Å². The van der Waals surface area contributed by atoms with Crippen molar-refractivity contribution in [2.45, 2.75) is 12.2 Å². The summed E-state index contributed by atoms with van der Waals surface area (Å²) in [5.41, 5.74) is -0.526. The van der Waals surface area contributed by atoms with E-state index in [9.17, 15) is 31.5 Å². The van der Waals surface area contributed by atoms with Crippen LogP contribution in [-0.4, -0.2) is 21.6 Å². The van der Waals surface area contributed by atoms with Crippen molar-refractivity contribution in [3.8, 4) is 11.3 Å². The van der Waals surface area contributed by atoms with Crippen LogP contribution in [0.15, 0.2) is 60.8 Å². The third-order valence-electron chi connectivity index (χ3n) is 6.00. The van der Waals surface area contributed by atoms with E-state index in [1.54, 1.807) is 19.3 Å². The smallest absolute Gasteiger partial charge is 0.341 e. The first-order valence-corrected chi connectivity index (χ1v) is 11.4. The zero-order valence-electron chi connectivity index (χ0n) is 19.3. The third kappa shape index (κ3) is 4.72.